The van der Waals surface area contributed by atoms with Gasteiger partial charge in [0, 0.05) is 12.6 Å². The van der Waals surface area contributed by atoms with Crippen LogP contribution in [0.4, 0.5) is 5.82 Å². The van der Waals surface area contributed by atoms with Crippen LogP contribution in [0, 0.1) is 0 Å². The number of imidazole rings is 1. The predicted molar refractivity (Wildman–Crippen MR) is 100 cm³/mol. The Labute approximate surface area is 165 Å². The zero-order valence-corrected chi connectivity index (χ0v) is 15.5. The number of phenolic OH excluding ortho intramolecular Hbond substituents is 1. The molecule has 1 aliphatic rings. The Hall–Kier alpha value is -2.99. The number of benzene rings is 1. The molecular formula is C18H21N5O6. The van der Waals surface area contributed by atoms with Gasteiger partial charge in [-0.1, -0.05) is 0 Å². The first-order valence-electron chi connectivity index (χ1n) is 8.92. The maximum atomic E-state index is 10.3. The fraction of sp³-hybridized carbons (Fsp3) is 0.389. The van der Waals surface area contributed by atoms with Crippen molar-refractivity contribution >= 4 is 17.0 Å². The lowest BCUT2D eigenvalue weighted by Crippen LogP contribution is -2.33. The van der Waals surface area contributed by atoms with E-state index < -0.39 is 31.1 Å². The van der Waals surface area contributed by atoms with Crippen LogP contribution in [0.15, 0.2) is 30.9 Å². The maximum Gasteiger partial charge on any atom is 0.167 e. The third-order valence-electron chi connectivity index (χ3n) is 4.80. The van der Waals surface area contributed by atoms with Gasteiger partial charge >= 0.3 is 0 Å². The first kappa shape index (κ1) is 19.3. The summed E-state index contributed by atoms with van der Waals surface area (Å²) in [4.78, 5) is 12.7. The van der Waals surface area contributed by atoms with Crippen molar-refractivity contribution in [3.8, 4) is 11.5 Å². The Morgan fingerprint density at radius 1 is 1.17 bits per heavy atom. The molecule has 1 aliphatic heterocycles. The van der Waals surface area contributed by atoms with Crippen LogP contribution in [0.5, 0.6) is 11.5 Å². The second-order valence-corrected chi connectivity index (χ2v) is 6.67. The monoisotopic (exact) mass is 403 g/mol. The molecule has 3 heterocycles. The summed E-state index contributed by atoms with van der Waals surface area (Å²) >= 11 is 0. The van der Waals surface area contributed by atoms with Gasteiger partial charge < -0.3 is 35.2 Å². The summed E-state index contributed by atoms with van der Waals surface area (Å²) in [5.41, 5.74) is 1.61. The molecular weight excluding hydrogens is 382 g/mol. The van der Waals surface area contributed by atoms with Crippen LogP contribution in [0.1, 0.15) is 11.8 Å². The number of hydrogen-bond donors (Lipinski definition) is 5. The molecule has 11 heteroatoms. The summed E-state index contributed by atoms with van der Waals surface area (Å²) in [7, 11) is 1.52. The summed E-state index contributed by atoms with van der Waals surface area (Å²) < 4.78 is 12.2. The lowest BCUT2D eigenvalue weighted by atomic mass is 10.1. The molecule has 3 aromatic rings. The molecule has 1 fully saturated rings. The molecule has 154 valence electrons. The fourth-order valence-corrected chi connectivity index (χ4v) is 3.33. The molecule has 0 amide bonds. The second-order valence-electron chi connectivity index (χ2n) is 6.67. The van der Waals surface area contributed by atoms with E-state index in [9.17, 15) is 20.4 Å². The molecule has 0 bridgehead atoms. The number of nitrogens with zero attached hydrogens (tertiary/aromatic N) is 4. The number of hydrogen-bond acceptors (Lipinski definition) is 10. The molecule has 1 aromatic carbocycles. The number of aliphatic hydroxyl groups is 3. The molecule has 11 nitrogen and oxygen atoms in total. The van der Waals surface area contributed by atoms with Gasteiger partial charge in [-0.25, -0.2) is 15.0 Å². The van der Waals surface area contributed by atoms with E-state index in [4.69, 9.17) is 9.47 Å². The highest BCUT2D eigenvalue weighted by Crippen LogP contribution is 2.32. The maximum absolute atomic E-state index is 10.3. The molecule has 4 atom stereocenters. The van der Waals surface area contributed by atoms with Crippen molar-refractivity contribution in [2.45, 2.75) is 31.1 Å². The van der Waals surface area contributed by atoms with Crippen LogP contribution >= 0.6 is 0 Å². The van der Waals surface area contributed by atoms with Crippen molar-refractivity contribution in [1.29, 1.82) is 0 Å². The quantitative estimate of drug-likeness (QED) is 0.372. The SMILES string of the molecule is COc1cc(O)cc(CNc2ncnc3c2ncn3[C@@H]2O[C@H](CO)[C@@H](O)[C@H]2O)c1. The molecule has 0 aliphatic carbocycles. The third kappa shape index (κ3) is 3.56. The van der Waals surface area contributed by atoms with Crippen LogP contribution in [-0.2, 0) is 11.3 Å². The third-order valence-corrected chi connectivity index (χ3v) is 4.80. The smallest absolute Gasteiger partial charge is 0.167 e. The molecule has 29 heavy (non-hydrogen) atoms. The Kier molecular flexibility index (Phi) is 5.20. The van der Waals surface area contributed by atoms with E-state index in [1.54, 1.807) is 12.1 Å². The Morgan fingerprint density at radius 3 is 2.72 bits per heavy atom. The normalized spacial score (nSPS) is 24.1. The highest BCUT2D eigenvalue weighted by molar-refractivity contribution is 5.82. The molecule has 5 N–H and O–H groups in total. The zero-order chi connectivity index (χ0) is 20.5. The number of fused-ring (bicyclic) bond motifs is 1. The highest BCUT2D eigenvalue weighted by atomic mass is 16.6. The number of phenols is 1. The lowest BCUT2D eigenvalue weighted by Gasteiger charge is -2.16. The predicted octanol–water partition coefficient (Wildman–Crippen LogP) is -0.236. The fourth-order valence-electron chi connectivity index (χ4n) is 3.33. The van der Waals surface area contributed by atoms with Gasteiger partial charge in [0.15, 0.2) is 23.2 Å². The van der Waals surface area contributed by atoms with Gasteiger partial charge in [0.05, 0.1) is 20.0 Å². The summed E-state index contributed by atoms with van der Waals surface area (Å²) in [5.74, 6) is 1.06. The Morgan fingerprint density at radius 2 is 2.00 bits per heavy atom. The number of aliphatic hydroxyl groups excluding tert-OH is 3. The molecule has 0 saturated carbocycles. The summed E-state index contributed by atoms with van der Waals surface area (Å²) in [6.45, 7) is -0.0753. The number of anilines is 1. The summed E-state index contributed by atoms with van der Waals surface area (Å²) in [5, 5.41) is 42.4. The number of aromatic nitrogens is 4. The number of methoxy groups -OCH3 is 1. The first-order valence-corrected chi connectivity index (χ1v) is 8.92. The van der Waals surface area contributed by atoms with Gasteiger partial charge in [-0.05, 0) is 17.7 Å². The summed E-state index contributed by atoms with van der Waals surface area (Å²) in [6.07, 6.45) is -1.52. The molecule has 0 spiro atoms. The van der Waals surface area contributed by atoms with Crippen molar-refractivity contribution in [2.75, 3.05) is 19.0 Å². The van der Waals surface area contributed by atoms with E-state index in [2.05, 4.69) is 20.3 Å². The van der Waals surface area contributed by atoms with Crippen LogP contribution in [0.2, 0.25) is 0 Å². The Balaban J connectivity index is 1.59. The van der Waals surface area contributed by atoms with Gasteiger partial charge in [0.25, 0.3) is 0 Å². The van der Waals surface area contributed by atoms with E-state index in [0.29, 0.717) is 29.3 Å². The van der Waals surface area contributed by atoms with Gasteiger partial charge in [-0.2, -0.15) is 0 Å². The van der Waals surface area contributed by atoms with Crippen LogP contribution in [0.3, 0.4) is 0 Å². The van der Waals surface area contributed by atoms with Gasteiger partial charge in [-0.15, -0.1) is 0 Å². The van der Waals surface area contributed by atoms with Crippen molar-refractivity contribution in [2.24, 2.45) is 0 Å². The topological polar surface area (TPSA) is 155 Å². The average molecular weight is 403 g/mol. The van der Waals surface area contributed by atoms with Gasteiger partial charge in [0.2, 0.25) is 0 Å². The van der Waals surface area contributed by atoms with Gasteiger partial charge in [0.1, 0.15) is 36.1 Å². The van der Waals surface area contributed by atoms with Crippen molar-refractivity contribution in [3.05, 3.63) is 36.4 Å². The van der Waals surface area contributed by atoms with E-state index in [-0.39, 0.29) is 5.75 Å². The number of nitrogens with one attached hydrogen (secondary N) is 1. The van der Waals surface area contributed by atoms with Crippen molar-refractivity contribution in [3.63, 3.8) is 0 Å². The van der Waals surface area contributed by atoms with Crippen molar-refractivity contribution < 1.29 is 29.9 Å². The van der Waals surface area contributed by atoms with E-state index >= 15 is 0 Å². The molecule has 4 rings (SSSR count). The molecule has 0 unspecified atom stereocenters. The minimum atomic E-state index is -1.24. The van der Waals surface area contributed by atoms with E-state index in [1.807, 2.05) is 0 Å². The highest BCUT2D eigenvalue weighted by Gasteiger charge is 2.44. The van der Waals surface area contributed by atoms with E-state index in [1.165, 1.54) is 30.4 Å². The van der Waals surface area contributed by atoms with Crippen LogP contribution in [0.25, 0.3) is 11.2 Å². The minimum absolute atomic E-state index is 0.0858. The standard InChI is InChI=1S/C18H21N5O6/c1-28-11-3-9(2-10(25)4-11)5-19-16-13-17(21-7-20-16)23(8-22-13)18-15(27)14(26)12(6-24)29-18/h2-4,7-8,12,14-15,18,24-27H,5-6H2,1H3,(H,19,20,21)/t12-,14-,15-,18-/m1/s1. The molecule has 0 radical (unpaired) electrons. The lowest BCUT2D eigenvalue weighted by molar-refractivity contribution is -0.0511. The van der Waals surface area contributed by atoms with Gasteiger partial charge in [-0.3, -0.25) is 4.57 Å². The average Bonchev–Trinajstić information content (AvgIpc) is 3.27. The van der Waals surface area contributed by atoms with E-state index in [0.717, 1.165) is 5.56 Å². The number of ether oxygens (including phenoxy) is 2. The number of rotatable bonds is 6. The Bertz CT molecular complexity index is 1010. The number of aromatic hydroxyl groups is 1. The van der Waals surface area contributed by atoms with Crippen LogP contribution in [-0.4, -0.2) is 72.0 Å². The molecule has 2 aromatic heterocycles. The molecule has 1 saturated heterocycles. The second kappa shape index (κ2) is 7.79. The first-order chi connectivity index (χ1) is 14.0. The largest absolute Gasteiger partial charge is 0.508 e. The van der Waals surface area contributed by atoms with Crippen molar-refractivity contribution in [1.82, 2.24) is 19.5 Å². The summed E-state index contributed by atoms with van der Waals surface area (Å²) in [6, 6.07) is 4.89. The minimum Gasteiger partial charge on any atom is -0.508 e. The van der Waals surface area contributed by atoms with Crippen LogP contribution < -0.4 is 10.1 Å². The zero-order valence-electron chi connectivity index (χ0n) is 15.5.